The van der Waals surface area contributed by atoms with Gasteiger partial charge in [-0.2, -0.15) is 0 Å². The predicted molar refractivity (Wildman–Crippen MR) is 106 cm³/mol. The topological polar surface area (TPSA) is 4.93 Å². The zero-order chi connectivity index (χ0) is 16.1. The maximum absolute atomic E-state index is 3.72. The number of hydrogen-bond donors (Lipinski definition) is 0. The van der Waals surface area contributed by atoms with Gasteiger partial charge in [0.25, 0.3) is 0 Å². The third-order valence-corrected chi connectivity index (χ3v) is 5.30. The van der Waals surface area contributed by atoms with Crippen LogP contribution in [0.1, 0.15) is 0 Å². The zero-order valence-corrected chi connectivity index (χ0v) is 14.5. The highest BCUT2D eigenvalue weighted by Crippen LogP contribution is 2.36. The Morgan fingerprint density at radius 1 is 0.583 bits per heavy atom. The van der Waals surface area contributed by atoms with Crippen LogP contribution in [0, 0.1) is 0 Å². The van der Waals surface area contributed by atoms with Gasteiger partial charge in [-0.15, -0.1) is 0 Å². The lowest BCUT2D eigenvalue weighted by Gasteiger charge is -2.10. The molecule has 24 heavy (non-hydrogen) atoms. The van der Waals surface area contributed by atoms with E-state index in [0.717, 1.165) is 4.47 Å². The standard InChI is InChI=1S/C22H14BrN/c23-19-10-4-6-12-21(19)24-20-11-5-3-9-17(20)18-13-15-7-1-2-8-16(15)14-22(18)24/h1-14H. The van der Waals surface area contributed by atoms with Crippen LogP contribution in [0.2, 0.25) is 0 Å². The highest BCUT2D eigenvalue weighted by atomic mass is 79.9. The van der Waals surface area contributed by atoms with Crippen molar-refractivity contribution in [2.45, 2.75) is 0 Å². The number of halogens is 1. The Morgan fingerprint density at radius 2 is 1.25 bits per heavy atom. The molecule has 0 atom stereocenters. The van der Waals surface area contributed by atoms with E-state index in [1.165, 1.54) is 38.3 Å². The molecule has 1 aromatic heterocycles. The molecule has 0 aliphatic rings. The molecule has 0 saturated carbocycles. The first-order valence-electron chi connectivity index (χ1n) is 8.00. The van der Waals surface area contributed by atoms with Crippen molar-refractivity contribution in [1.82, 2.24) is 4.57 Å². The molecule has 0 amide bonds. The van der Waals surface area contributed by atoms with Crippen molar-refractivity contribution in [3.05, 3.63) is 89.4 Å². The quantitative estimate of drug-likeness (QED) is 0.309. The predicted octanol–water partition coefficient (Wildman–Crippen LogP) is 6.70. The van der Waals surface area contributed by atoms with Crippen molar-refractivity contribution in [3.63, 3.8) is 0 Å². The van der Waals surface area contributed by atoms with Crippen molar-refractivity contribution < 1.29 is 0 Å². The molecule has 5 rings (SSSR count). The highest BCUT2D eigenvalue weighted by molar-refractivity contribution is 9.10. The van der Waals surface area contributed by atoms with Gasteiger partial charge < -0.3 is 4.57 Å². The fourth-order valence-corrected chi connectivity index (χ4v) is 4.01. The minimum Gasteiger partial charge on any atom is -0.308 e. The SMILES string of the molecule is Brc1ccccc1-n1c2ccccc2c2cc3ccccc3cc21. The van der Waals surface area contributed by atoms with Crippen LogP contribution >= 0.6 is 15.9 Å². The average molecular weight is 372 g/mol. The fourth-order valence-electron chi connectivity index (χ4n) is 3.55. The van der Waals surface area contributed by atoms with Gasteiger partial charge in [0.15, 0.2) is 0 Å². The first-order valence-corrected chi connectivity index (χ1v) is 8.79. The molecule has 1 nitrogen and oxygen atoms in total. The first-order chi connectivity index (χ1) is 11.8. The van der Waals surface area contributed by atoms with Gasteiger partial charge in [-0.25, -0.2) is 0 Å². The third kappa shape index (κ3) is 1.93. The van der Waals surface area contributed by atoms with Crippen LogP contribution in [-0.2, 0) is 0 Å². The van der Waals surface area contributed by atoms with Gasteiger partial charge >= 0.3 is 0 Å². The van der Waals surface area contributed by atoms with Crippen molar-refractivity contribution in [2.75, 3.05) is 0 Å². The summed E-state index contributed by atoms with van der Waals surface area (Å²) >= 11 is 3.72. The van der Waals surface area contributed by atoms with E-state index < -0.39 is 0 Å². The van der Waals surface area contributed by atoms with Crippen molar-refractivity contribution in [2.24, 2.45) is 0 Å². The molecule has 0 aliphatic heterocycles. The van der Waals surface area contributed by atoms with Gasteiger partial charge in [0.05, 0.1) is 16.7 Å². The monoisotopic (exact) mass is 371 g/mol. The summed E-state index contributed by atoms with van der Waals surface area (Å²) in [7, 11) is 0. The summed E-state index contributed by atoms with van der Waals surface area (Å²) in [6.45, 7) is 0. The summed E-state index contributed by atoms with van der Waals surface area (Å²) in [5, 5.41) is 5.12. The van der Waals surface area contributed by atoms with Crippen LogP contribution in [0.4, 0.5) is 0 Å². The smallest absolute Gasteiger partial charge is 0.0604 e. The summed E-state index contributed by atoms with van der Waals surface area (Å²) in [6, 6.07) is 30.2. The molecule has 0 spiro atoms. The summed E-state index contributed by atoms with van der Waals surface area (Å²) in [4.78, 5) is 0. The molecule has 0 saturated heterocycles. The summed E-state index contributed by atoms with van der Waals surface area (Å²) < 4.78 is 3.45. The second-order valence-corrected chi connectivity index (χ2v) is 6.87. The Kier molecular flexibility index (Phi) is 3.00. The lowest BCUT2D eigenvalue weighted by molar-refractivity contribution is 1.17. The number of para-hydroxylation sites is 2. The van der Waals surface area contributed by atoms with Gasteiger partial charge in [-0.3, -0.25) is 0 Å². The maximum atomic E-state index is 3.72. The molecule has 0 radical (unpaired) electrons. The van der Waals surface area contributed by atoms with Crippen LogP contribution in [0.25, 0.3) is 38.3 Å². The van der Waals surface area contributed by atoms with Gasteiger partial charge in [-0.1, -0.05) is 54.6 Å². The second-order valence-electron chi connectivity index (χ2n) is 6.02. The third-order valence-electron chi connectivity index (χ3n) is 4.63. The van der Waals surface area contributed by atoms with E-state index in [4.69, 9.17) is 0 Å². The maximum Gasteiger partial charge on any atom is 0.0604 e. The summed E-state index contributed by atoms with van der Waals surface area (Å²) in [5.74, 6) is 0. The molecule has 0 aliphatic carbocycles. The van der Waals surface area contributed by atoms with Gasteiger partial charge in [0.1, 0.15) is 0 Å². The van der Waals surface area contributed by atoms with E-state index in [9.17, 15) is 0 Å². The Bertz CT molecular complexity index is 1220. The molecule has 0 bridgehead atoms. The molecule has 5 aromatic rings. The normalized spacial score (nSPS) is 11.5. The molecule has 114 valence electrons. The lowest BCUT2D eigenvalue weighted by atomic mass is 10.1. The summed E-state index contributed by atoms with van der Waals surface area (Å²) in [5.41, 5.74) is 3.63. The van der Waals surface area contributed by atoms with E-state index >= 15 is 0 Å². The Hall–Kier alpha value is -2.58. The molecule has 0 N–H and O–H groups in total. The number of nitrogens with zero attached hydrogens (tertiary/aromatic N) is 1. The minimum atomic E-state index is 1.10. The van der Waals surface area contributed by atoms with Gasteiger partial charge in [0, 0.05) is 15.2 Å². The minimum absolute atomic E-state index is 1.10. The highest BCUT2D eigenvalue weighted by Gasteiger charge is 2.14. The Morgan fingerprint density at radius 3 is 2.08 bits per heavy atom. The van der Waals surface area contributed by atoms with Crippen LogP contribution in [0.3, 0.4) is 0 Å². The number of fused-ring (bicyclic) bond motifs is 4. The van der Waals surface area contributed by atoms with E-state index in [2.05, 4.69) is 105 Å². The molecular formula is C22H14BrN. The Labute approximate surface area is 148 Å². The Balaban J connectivity index is 2.04. The van der Waals surface area contributed by atoms with Crippen LogP contribution in [0.15, 0.2) is 89.4 Å². The molecule has 4 aromatic carbocycles. The molecule has 1 heterocycles. The molecule has 2 heteroatoms. The largest absolute Gasteiger partial charge is 0.308 e. The number of aromatic nitrogens is 1. The average Bonchev–Trinajstić information content (AvgIpc) is 2.94. The second kappa shape index (κ2) is 5.22. The van der Waals surface area contributed by atoms with Crippen LogP contribution in [0.5, 0.6) is 0 Å². The van der Waals surface area contributed by atoms with E-state index in [-0.39, 0.29) is 0 Å². The van der Waals surface area contributed by atoms with Gasteiger partial charge in [0.2, 0.25) is 0 Å². The fraction of sp³-hybridized carbons (Fsp3) is 0. The number of benzene rings is 4. The van der Waals surface area contributed by atoms with E-state index in [0.29, 0.717) is 0 Å². The van der Waals surface area contributed by atoms with E-state index in [1.54, 1.807) is 0 Å². The van der Waals surface area contributed by atoms with Gasteiger partial charge in [-0.05, 0) is 57.0 Å². The van der Waals surface area contributed by atoms with Crippen LogP contribution in [-0.4, -0.2) is 4.57 Å². The number of rotatable bonds is 1. The first kappa shape index (κ1) is 13.8. The van der Waals surface area contributed by atoms with E-state index in [1.807, 2.05) is 0 Å². The van der Waals surface area contributed by atoms with Crippen LogP contribution < -0.4 is 0 Å². The number of hydrogen-bond acceptors (Lipinski definition) is 0. The van der Waals surface area contributed by atoms with Crippen molar-refractivity contribution in [3.8, 4) is 5.69 Å². The van der Waals surface area contributed by atoms with Crippen molar-refractivity contribution in [1.29, 1.82) is 0 Å². The summed E-state index contributed by atoms with van der Waals surface area (Å²) in [6.07, 6.45) is 0. The molecule has 0 unspecified atom stereocenters. The van der Waals surface area contributed by atoms with Crippen molar-refractivity contribution >= 4 is 48.5 Å². The molecular weight excluding hydrogens is 358 g/mol. The lowest BCUT2D eigenvalue weighted by Crippen LogP contribution is -1.94. The zero-order valence-electron chi connectivity index (χ0n) is 12.9. The molecule has 0 fully saturated rings.